The summed E-state index contributed by atoms with van der Waals surface area (Å²) >= 11 is 9.73. The van der Waals surface area contributed by atoms with Gasteiger partial charge in [-0.25, -0.2) is 8.42 Å². The number of benzene rings is 4. The van der Waals surface area contributed by atoms with Gasteiger partial charge in [-0.05, 0) is 66.9 Å². The Balaban J connectivity index is 1.80. The average Bonchev–Trinajstić information content (AvgIpc) is 3.02. The van der Waals surface area contributed by atoms with E-state index in [1.54, 1.807) is 60.7 Å². The van der Waals surface area contributed by atoms with Crippen molar-refractivity contribution >= 4 is 55.1 Å². The summed E-state index contributed by atoms with van der Waals surface area (Å²) in [6.45, 7) is 3.39. The van der Waals surface area contributed by atoms with Crippen LogP contribution in [0.4, 0.5) is 5.69 Å². The third-order valence-electron chi connectivity index (χ3n) is 7.22. The van der Waals surface area contributed by atoms with Gasteiger partial charge >= 0.3 is 0 Å². The maximum Gasteiger partial charge on any atom is 0.264 e. The molecule has 0 saturated heterocycles. The minimum Gasteiger partial charge on any atom is -0.352 e. The first-order valence-corrected chi connectivity index (χ1v) is 16.9. The number of halogens is 2. The Labute approximate surface area is 273 Å². The van der Waals surface area contributed by atoms with Crippen molar-refractivity contribution in [3.8, 4) is 0 Å². The molecule has 0 radical (unpaired) electrons. The molecule has 0 aromatic heterocycles. The van der Waals surface area contributed by atoms with Crippen molar-refractivity contribution in [1.29, 1.82) is 0 Å². The van der Waals surface area contributed by atoms with E-state index in [1.807, 2.05) is 50.2 Å². The first kappa shape index (κ1) is 33.2. The largest absolute Gasteiger partial charge is 0.352 e. The average molecular weight is 697 g/mol. The highest BCUT2D eigenvalue weighted by atomic mass is 79.9. The van der Waals surface area contributed by atoms with Gasteiger partial charge in [-0.3, -0.25) is 13.9 Å². The van der Waals surface area contributed by atoms with Crippen LogP contribution in [0.25, 0.3) is 0 Å². The Morgan fingerprint density at radius 2 is 1.50 bits per heavy atom. The summed E-state index contributed by atoms with van der Waals surface area (Å²) in [5.74, 6) is -0.858. The molecule has 0 bridgehead atoms. The van der Waals surface area contributed by atoms with Crippen LogP contribution >= 0.6 is 27.5 Å². The number of amides is 2. The monoisotopic (exact) mass is 695 g/mol. The maximum atomic E-state index is 14.5. The van der Waals surface area contributed by atoms with Gasteiger partial charge in [0.15, 0.2) is 0 Å². The third kappa shape index (κ3) is 8.71. The zero-order valence-electron chi connectivity index (χ0n) is 24.6. The van der Waals surface area contributed by atoms with Crippen LogP contribution in [0.2, 0.25) is 5.02 Å². The number of nitrogens with one attached hydrogen (secondary N) is 1. The molecule has 10 heteroatoms. The Morgan fingerprint density at radius 1 is 0.864 bits per heavy atom. The fraction of sp³-hybridized carbons (Fsp3) is 0.235. The molecule has 7 nitrogen and oxygen atoms in total. The first-order valence-electron chi connectivity index (χ1n) is 14.3. The topological polar surface area (TPSA) is 86.8 Å². The van der Waals surface area contributed by atoms with Gasteiger partial charge in [-0.2, -0.15) is 0 Å². The van der Waals surface area contributed by atoms with Gasteiger partial charge in [0.2, 0.25) is 11.8 Å². The molecule has 0 saturated carbocycles. The van der Waals surface area contributed by atoms with E-state index in [9.17, 15) is 18.0 Å². The molecule has 2 amide bonds. The summed E-state index contributed by atoms with van der Waals surface area (Å²) in [5.41, 5.74) is 1.88. The predicted molar refractivity (Wildman–Crippen MR) is 179 cm³/mol. The second-order valence-corrected chi connectivity index (χ2v) is 13.7. The van der Waals surface area contributed by atoms with E-state index in [0.29, 0.717) is 27.2 Å². The number of hydrogen-bond acceptors (Lipinski definition) is 4. The van der Waals surface area contributed by atoms with Crippen LogP contribution in [0.15, 0.2) is 119 Å². The van der Waals surface area contributed by atoms with E-state index in [2.05, 4.69) is 21.2 Å². The van der Waals surface area contributed by atoms with Crippen LogP contribution in [0.3, 0.4) is 0 Å². The molecule has 0 heterocycles. The maximum absolute atomic E-state index is 14.5. The first-order chi connectivity index (χ1) is 21.1. The number of carbonyl (C=O) groups is 2. The van der Waals surface area contributed by atoms with Gasteiger partial charge < -0.3 is 10.2 Å². The van der Waals surface area contributed by atoms with Crippen LogP contribution < -0.4 is 9.62 Å². The third-order valence-corrected chi connectivity index (χ3v) is 9.74. The van der Waals surface area contributed by atoms with E-state index >= 15 is 0 Å². The zero-order valence-corrected chi connectivity index (χ0v) is 27.7. The molecule has 0 spiro atoms. The van der Waals surface area contributed by atoms with Gasteiger partial charge in [0.05, 0.1) is 10.6 Å². The highest BCUT2D eigenvalue weighted by molar-refractivity contribution is 9.10. The van der Waals surface area contributed by atoms with Gasteiger partial charge in [-0.1, -0.05) is 101 Å². The highest BCUT2D eigenvalue weighted by Crippen LogP contribution is 2.27. The minimum absolute atomic E-state index is 0.0442. The molecular weight excluding hydrogens is 662 g/mol. The lowest BCUT2D eigenvalue weighted by Gasteiger charge is -2.34. The van der Waals surface area contributed by atoms with E-state index in [-0.39, 0.29) is 29.8 Å². The summed E-state index contributed by atoms with van der Waals surface area (Å²) in [6.07, 6.45) is 0.940. The highest BCUT2D eigenvalue weighted by Gasteiger charge is 2.35. The molecule has 44 heavy (non-hydrogen) atoms. The lowest BCUT2D eigenvalue weighted by atomic mass is 10.0. The molecule has 2 atom stereocenters. The van der Waals surface area contributed by atoms with Crippen molar-refractivity contribution in [2.45, 2.75) is 50.2 Å². The Kier molecular flexibility index (Phi) is 11.6. The zero-order chi connectivity index (χ0) is 31.7. The Morgan fingerprint density at radius 3 is 2.14 bits per heavy atom. The van der Waals surface area contributed by atoms with Crippen LogP contribution in [-0.4, -0.2) is 43.8 Å². The normalized spacial score (nSPS) is 12.6. The predicted octanol–water partition coefficient (Wildman–Crippen LogP) is 6.85. The standard InChI is InChI=1S/C34H35BrClN3O4S/c1-3-25(2)37-34(41)32(21-26-12-6-4-7-13-26)38(23-27-14-10-16-29(36)20-27)33(40)24-39(30-17-11-15-28(35)22-30)44(42,43)31-18-8-5-9-19-31/h4-20,22,25,32H,3,21,23-24H2,1-2H3,(H,37,41)/t25-,32+/m0/s1. The molecule has 0 aliphatic heterocycles. The summed E-state index contributed by atoms with van der Waals surface area (Å²) in [4.78, 5) is 29.8. The van der Waals surface area contributed by atoms with E-state index in [1.165, 1.54) is 17.0 Å². The van der Waals surface area contributed by atoms with Crippen LogP contribution in [0, 0.1) is 0 Å². The summed E-state index contributed by atoms with van der Waals surface area (Å²) < 4.78 is 29.8. The lowest BCUT2D eigenvalue weighted by molar-refractivity contribution is -0.140. The molecular formula is C34H35BrClN3O4S. The number of rotatable bonds is 13. The van der Waals surface area contributed by atoms with E-state index in [4.69, 9.17) is 11.6 Å². The molecule has 0 aliphatic rings. The van der Waals surface area contributed by atoms with Crippen LogP contribution in [0.5, 0.6) is 0 Å². The molecule has 4 aromatic carbocycles. The molecule has 4 rings (SSSR count). The van der Waals surface area contributed by atoms with Crippen molar-refractivity contribution in [3.63, 3.8) is 0 Å². The minimum atomic E-state index is -4.16. The Bertz CT molecular complexity index is 1670. The molecule has 0 aliphatic carbocycles. The van der Waals surface area contributed by atoms with Gasteiger partial charge in [0.1, 0.15) is 12.6 Å². The fourth-order valence-corrected chi connectivity index (χ4v) is 6.73. The van der Waals surface area contributed by atoms with Crippen molar-refractivity contribution in [2.24, 2.45) is 0 Å². The quantitative estimate of drug-likeness (QED) is 0.166. The fourth-order valence-electron chi connectivity index (χ4n) is 4.71. The van der Waals surface area contributed by atoms with Crippen molar-refractivity contribution < 1.29 is 18.0 Å². The van der Waals surface area contributed by atoms with Gasteiger partial charge in [-0.15, -0.1) is 0 Å². The molecule has 4 aromatic rings. The molecule has 1 N–H and O–H groups in total. The summed E-state index contributed by atoms with van der Waals surface area (Å²) in [5, 5.41) is 3.52. The van der Waals surface area contributed by atoms with Gasteiger partial charge in [0.25, 0.3) is 10.0 Å². The van der Waals surface area contributed by atoms with E-state index in [0.717, 1.165) is 9.87 Å². The Hall–Kier alpha value is -3.66. The number of nitrogens with zero attached hydrogens (tertiary/aromatic N) is 2. The molecule has 0 fully saturated rings. The van der Waals surface area contributed by atoms with Crippen LogP contribution in [-0.2, 0) is 32.6 Å². The summed E-state index contributed by atoms with van der Waals surface area (Å²) in [6, 6.07) is 30.2. The van der Waals surface area contributed by atoms with Crippen LogP contribution in [0.1, 0.15) is 31.4 Å². The van der Waals surface area contributed by atoms with Crippen molar-refractivity contribution in [2.75, 3.05) is 10.8 Å². The smallest absolute Gasteiger partial charge is 0.264 e. The lowest BCUT2D eigenvalue weighted by Crippen LogP contribution is -2.54. The van der Waals surface area contributed by atoms with Crippen molar-refractivity contribution in [3.05, 3.63) is 130 Å². The summed E-state index contributed by atoms with van der Waals surface area (Å²) in [7, 11) is -4.16. The number of sulfonamides is 1. The van der Waals surface area contributed by atoms with Crippen molar-refractivity contribution in [1.82, 2.24) is 10.2 Å². The van der Waals surface area contributed by atoms with Gasteiger partial charge in [0, 0.05) is 28.5 Å². The molecule has 0 unspecified atom stereocenters. The second kappa shape index (κ2) is 15.4. The number of carbonyl (C=O) groups excluding carboxylic acids is 2. The number of hydrogen-bond donors (Lipinski definition) is 1. The second-order valence-electron chi connectivity index (χ2n) is 10.5. The number of anilines is 1. The molecule has 230 valence electrons. The van der Waals surface area contributed by atoms with E-state index < -0.39 is 28.5 Å². The SMILES string of the molecule is CC[C@H](C)NC(=O)[C@@H](Cc1ccccc1)N(Cc1cccc(Cl)c1)C(=O)CN(c1cccc(Br)c1)S(=O)(=O)c1ccccc1.